The summed E-state index contributed by atoms with van der Waals surface area (Å²) < 4.78 is 6.06. The van der Waals surface area contributed by atoms with Gasteiger partial charge >= 0.3 is 0 Å². The SMILES string of the molecule is Cc1ccc(CN(Cc2ccc(C(=O)N3CCN(CC=Cc4ccccc4)CC3)o2)C(C)(C)C)cc1. The smallest absolute Gasteiger partial charge is 0.289 e. The van der Waals surface area contributed by atoms with Gasteiger partial charge in [-0.25, -0.2) is 0 Å². The van der Waals surface area contributed by atoms with E-state index >= 15 is 0 Å². The first kappa shape index (κ1) is 25.9. The zero-order chi connectivity index (χ0) is 25.5. The van der Waals surface area contributed by atoms with E-state index in [1.807, 2.05) is 23.1 Å². The molecule has 1 aromatic heterocycles. The molecule has 1 saturated heterocycles. The Morgan fingerprint density at radius 1 is 0.917 bits per heavy atom. The Kier molecular flexibility index (Phi) is 8.44. The summed E-state index contributed by atoms with van der Waals surface area (Å²) in [6.45, 7) is 14.3. The van der Waals surface area contributed by atoms with Gasteiger partial charge in [0.15, 0.2) is 5.76 Å². The Balaban J connectivity index is 1.30. The second-order valence-corrected chi connectivity index (χ2v) is 10.7. The molecule has 0 atom stereocenters. The highest BCUT2D eigenvalue weighted by atomic mass is 16.4. The summed E-state index contributed by atoms with van der Waals surface area (Å²) in [4.78, 5) is 19.8. The van der Waals surface area contributed by atoms with Crippen LogP contribution in [0.2, 0.25) is 0 Å². The van der Waals surface area contributed by atoms with Crippen molar-refractivity contribution in [3.8, 4) is 0 Å². The van der Waals surface area contributed by atoms with Crippen molar-refractivity contribution in [1.29, 1.82) is 0 Å². The molecule has 0 N–H and O–H groups in total. The largest absolute Gasteiger partial charge is 0.455 e. The number of piperazine rings is 1. The van der Waals surface area contributed by atoms with Crippen molar-refractivity contribution in [2.45, 2.75) is 46.3 Å². The van der Waals surface area contributed by atoms with Crippen LogP contribution in [0, 0.1) is 6.92 Å². The van der Waals surface area contributed by atoms with Crippen LogP contribution < -0.4 is 0 Å². The van der Waals surface area contributed by atoms with Crippen molar-refractivity contribution in [2.24, 2.45) is 0 Å². The quantitative estimate of drug-likeness (QED) is 0.401. The average molecular weight is 486 g/mol. The molecular weight excluding hydrogens is 446 g/mol. The summed E-state index contributed by atoms with van der Waals surface area (Å²) in [5, 5.41) is 0. The maximum Gasteiger partial charge on any atom is 0.289 e. The monoisotopic (exact) mass is 485 g/mol. The zero-order valence-corrected chi connectivity index (χ0v) is 22.1. The molecule has 0 radical (unpaired) electrons. The second-order valence-electron chi connectivity index (χ2n) is 10.7. The summed E-state index contributed by atoms with van der Waals surface area (Å²) in [7, 11) is 0. The fraction of sp³-hybridized carbons (Fsp3) is 0.387. The van der Waals surface area contributed by atoms with Gasteiger partial charge in [-0.15, -0.1) is 0 Å². The predicted molar refractivity (Wildman–Crippen MR) is 147 cm³/mol. The highest BCUT2D eigenvalue weighted by Crippen LogP contribution is 2.23. The van der Waals surface area contributed by atoms with Gasteiger partial charge in [-0.05, 0) is 51.0 Å². The normalized spacial score (nSPS) is 15.2. The lowest BCUT2D eigenvalue weighted by Gasteiger charge is -2.35. The minimum absolute atomic E-state index is 0.0124. The number of aryl methyl sites for hydroxylation is 1. The third-order valence-electron chi connectivity index (χ3n) is 6.79. The van der Waals surface area contributed by atoms with E-state index in [4.69, 9.17) is 4.42 Å². The predicted octanol–water partition coefficient (Wildman–Crippen LogP) is 5.86. The van der Waals surface area contributed by atoms with E-state index in [0.29, 0.717) is 12.3 Å². The van der Waals surface area contributed by atoms with Crippen molar-refractivity contribution in [3.63, 3.8) is 0 Å². The van der Waals surface area contributed by atoms with Gasteiger partial charge in [0.2, 0.25) is 0 Å². The number of amides is 1. The van der Waals surface area contributed by atoms with Crippen LogP contribution in [0.3, 0.4) is 0 Å². The van der Waals surface area contributed by atoms with Gasteiger partial charge in [-0.3, -0.25) is 14.6 Å². The molecule has 2 aromatic carbocycles. The lowest BCUT2D eigenvalue weighted by Crippen LogP contribution is -2.48. The summed E-state index contributed by atoms with van der Waals surface area (Å²) >= 11 is 0. The van der Waals surface area contributed by atoms with Crippen molar-refractivity contribution in [1.82, 2.24) is 14.7 Å². The first-order valence-corrected chi connectivity index (χ1v) is 12.9. The summed E-state index contributed by atoms with van der Waals surface area (Å²) in [6.07, 6.45) is 4.35. The molecule has 5 heteroatoms. The molecule has 1 fully saturated rings. The van der Waals surface area contributed by atoms with Crippen molar-refractivity contribution >= 4 is 12.0 Å². The molecule has 36 heavy (non-hydrogen) atoms. The lowest BCUT2D eigenvalue weighted by molar-refractivity contribution is 0.0610. The van der Waals surface area contributed by atoms with Crippen molar-refractivity contribution in [2.75, 3.05) is 32.7 Å². The molecule has 0 unspecified atom stereocenters. The Labute approximate surface area is 216 Å². The van der Waals surface area contributed by atoms with Crippen molar-refractivity contribution < 1.29 is 9.21 Å². The van der Waals surface area contributed by atoms with Crippen LogP contribution >= 0.6 is 0 Å². The van der Waals surface area contributed by atoms with E-state index < -0.39 is 0 Å². The molecular formula is C31H39N3O2. The van der Waals surface area contributed by atoms with E-state index in [1.54, 1.807) is 0 Å². The molecule has 2 heterocycles. The van der Waals surface area contributed by atoms with Crippen LogP contribution in [-0.4, -0.2) is 58.9 Å². The third kappa shape index (κ3) is 7.19. The number of hydrogen-bond acceptors (Lipinski definition) is 4. The number of nitrogens with zero attached hydrogens (tertiary/aromatic N) is 3. The minimum Gasteiger partial charge on any atom is -0.455 e. The fourth-order valence-corrected chi connectivity index (χ4v) is 4.40. The summed E-state index contributed by atoms with van der Waals surface area (Å²) in [6, 6.07) is 22.8. The first-order chi connectivity index (χ1) is 17.3. The molecule has 0 aliphatic carbocycles. The number of carbonyl (C=O) groups is 1. The van der Waals surface area contributed by atoms with E-state index in [0.717, 1.165) is 45.0 Å². The average Bonchev–Trinajstić information content (AvgIpc) is 3.34. The Hall–Kier alpha value is -3.15. The summed E-state index contributed by atoms with van der Waals surface area (Å²) in [5.74, 6) is 1.25. The van der Waals surface area contributed by atoms with Crippen LogP contribution in [0.4, 0.5) is 0 Å². The number of hydrogen-bond donors (Lipinski definition) is 0. The van der Waals surface area contributed by atoms with Crippen LogP contribution in [0.25, 0.3) is 6.08 Å². The Morgan fingerprint density at radius 3 is 2.28 bits per heavy atom. The van der Waals surface area contributed by atoms with Gasteiger partial charge < -0.3 is 9.32 Å². The van der Waals surface area contributed by atoms with Crippen LogP contribution in [-0.2, 0) is 13.1 Å². The van der Waals surface area contributed by atoms with E-state index in [9.17, 15) is 4.79 Å². The van der Waals surface area contributed by atoms with E-state index in [2.05, 4.69) is 98.2 Å². The molecule has 0 spiro atoms. The number of rotatable bonds is 8. The van der Waals surface area contributed by atoms with Gasteiger partial charge in [0, 0.05) is 44.8 Å². The zero-order valence-electron chi connectivity index (χ0n) is 22.1. The fourth-order valence-electron chi connectivity index (χ4n) is 4.40. The molecule has 0 saturated carbocycles. The molecule has 1 aliphatic rings. The standard InChI is InChI=1S/C31H39N3O2/c1-25-12-14-27(15-13-25)23-34(31(2,3)4)24-28-16-17-29(36-28)30(35)33-21-19-32(20-22-33)18-8-11-26-9-6-5-7-10-26/h5-17H,18-24H2,1-4H3. The van der Waals surface area contributed by atoms with Crippen LogP contribution in [0.1, 0.15) is 53.8 Å². The summed E-state index contributed by atoms with van der Waals surface area (Å²) in [5.41, 5.74) is 3.71. The van der Waals surface area contributed by atoms with E-state index in [1.165, 1.54) is 16.7 Å². The molecule has 1 amide bonds. The molecule has 0 bridgehead atoms. The van der Waals surface area contributed by atoms with Gasteiger partial charge in [0.1, 0.15) is 5.76 Å². The van der Waals surface area contributed by atoms with Crippen LogP contribution in [0.5, 0.6) is 0 Å². The maximum absolute atomic E-state index is 13.1. The third-order valence-corrected chi connectivity index (χ3v) is 6.79. The van der Waals surface area contributed by atoms with E-state index in [-0.39, 0.29) is 11.4 Å². The van der Waals surface area contributed by atoms with Crippen LogP contribution in [0.15, 0.2) is 77.2 Å². The molecule has 3 aromatic rings. The second kappa shape index (κ2) is 11.7. The topological polar surface area (TPSA) is 39.9 Å². The van der Waals surface area contributed by atoms with Gasteiger partial charge in [-0.1, -0.05) is 72.3 Å². The highest BCUT2D eigenvalue weighted by molar-refractivity contribution is 5.91. The van der Waals surface area contributed by atoms with Gasteiger partial charge in [0.05, 0.1) is 6.54 Å². The van der Waals surface area contributed by atoms with Gasteiger partial charge in [-0.2, -0.15) is 0 Å². The minimum atomic E-state index is -0.0346. The molecule has 190 valence electrons. The maximum atomic E-state index is 13.1. The number of carbonyl (C=O) groups excluding carboxylic acids is 1. The van der Waals surface area contributed by atoms with Crippen molar-refractivity contribution in [3.05, 3.63) is 101 Å². The number of furan rings is 1. The lowest BCUT2D eigenvalue weighted by atomic mass is 10.0. The molecule has 5 nitrogen and oxygen atoms in total. The molecule has 1 aliphatic heterocycles. The number of benzene rings is 2. The Morgan fingerprint density at radius 2 is 1.61 bits per heavy atom. The first-order valence-electron chi connectivity index (χ1n) is 12.9. The Bertz CT molecular complexity index is 1130. The van der Waals surface area contributed by atoms with Gasteiger partial charge in [0.25, 0.3) is 5.91 Å². The highest BCUT2D eigenvalue weighted by Gasteiger charge is 2.26. The molecule has 4 rings (SSSR count).